The van der Waals surface area contributed by atoms with Crippen molar-refractivity contribution in [2.24, 2.45) is 5.92 Å². The Kier molecular flexibility index (Phi) is 3.20. The predicted octanol–water partition coefficient (Wildman–Crippen LogP) is 3.47. The quantitative estimate of drug-likeness (QED) is 0.686. The van der Waals surface area contributed by atoms with Crippen LogP contribution in [0.25, 0.3) is 0 Å². The van der Waals surface area contributed by atoms with Gasteiger partial charge in [-0.3, -0.25) is 0 Å². The molecule has 0 aromatic heterocycles. The Bertz CT molecular complexity index is 337. The summed E-state index contributed by atoms with van der Waals surface area (Å²) in [5.41, 5.74) is 2.45. The van der Waals surface area contributed by atoms with E-state index in [0.29, 0.717) is 5.92 Å². The van der Waals surface area contributed by atoms with Crippen molar-refractivity contribution in [1.29, 1.82) is 0 Å². The van der Waals surface area contributed by atoms with Crippen LogP contribution in [-0.2, 0) is 4.79 Å². The van der Waals surface area contributed by atoms with E-state index >= 15 is 0 Å². The smallest absolute Gasteiger partial charge is 0.127 e. The summed E-state index contributed by atoms with van der Waals surface area (Å²) >= 11 is 0. The highest BCUT2D eigenvalue weighted by atomic mass is 16.1. The van der Waals surface area contributed by atoms with Gasteiger partial charge in [0.1, 0.15) is 6.29 Å². The van der Waals surface area contributed by atoms with E-state index in [2.05, 4.69) is 31.2 Å². The van der Waals surface area contributed by atoms with Gasteiger partial charge in [0.2, 0.25) is 0 Å². The summed E-state index contributed by atoms with van der Waals surface area (Å²) < 4.78 is 0. The summed E-state index contributed by atoms with van der Waals surface area (Å²) in [7, 11) is 0. The summed E-state index contributed by atoms with van der Waals surface area (Å²) in [6.07, 6.45) is 6.17. The lowest BCUT2D eigenvalue weighted by atomic mass is 9.85. The molecule has 1 atom stereocenters. The van der Waals surface area contributed by atoms with Gasteiger partial charge in [0, 0.05) is 5.92 Å². The van der Waals surface area contributed by atoms with Crippen LogP contribution >= 0.6 is 0 Å². The highest BCUT2D eigenvalue weighted by Crippen LogP contribution is 2.36. The molecule has 0 heterocycles. The zero-order valence-electron chi connectivity index (χ0n) is 9.28. The second-order valence-electron chi connectivity index (χ2n) is 4.62. The SMILES string of the molecule is Cc1cccc(C(C=O)C2CCCC2)c1. The molecule has 2 rings (SSSR count). The number of aryl methyl sites for hydroxylation is 1. The monoisotopic (exact) mass is 202 g/mol. The third-order valence-corrected chi connectivity index (χ3v) is 3.48. The van der Waals surface area contributed by atoms with Gasteiger partial charge in [-0.25, -0.2) is 0 Å². The lowest BCUT2D eigenvalue weighted by Gasteiger charge is -2.18. The van der Waals surface area contributed by atoms with E-state index in [9.17, 15) is 4.79 Å². The van der Waals surface area contributed by atoms with E-state index < -0.39 is 0 Å². The summed E-state index contributed by atoms with van der Waals surface area (Å²) in [5.74, 6) is 0.719. The number of rotatable bonds is 3. The molecule has 0 aliphatic heterocycles. The Labute approximate surface area is 91.5 Å². The zero-order chi connectivity index (χ0) is 10.7. The minimum absolute atomic E-state index is 0.132. The molecule has 15 heavy (non-hydrogen) atoms. The van der Waals surface area contributed by atoms with E-state index in [4.69, 9.17) is 0 Å². The van der Waals surface area contributed by atoms with Crippen molar-refractivity contribution < 1.29 is 4.79 Å². The third-order valence-electron chi connectivity index (χ3n) is 3.48. The normalized spacial score (nSPS) is 19.0. The molecule has 0 N–H and O–H groups in total. The Morgan fingerprint density at radius 1 is 1.33 bits per heavy atom. The molecule has 80 valence electrons. The van der Waals surface area contributed by atoms with Crippen LogP contribution in [0.1, 0.15) is 42.7 Å². The first kappa shape index (κ1) is 10.4. The number of carbonyl (C=O) groups is 1. The van der Waals surface area contributed by atoms with Gasteiger partial charge in [-0.15, -0.1) is 0 Å². The van der Waals surface area contributed by atoms with E-state index in [1.54, 1.807) is 0 Å². The fraction of sp³-hybridized carbons (Fsp3) is 0.500. The number of benzene rings is 1. The van der Waals surface area contributed by atoms with E-state index in [-0.39, 0.29) is 5.92 Å². The molecular formula is C14H18O. The molecular weight excluding hydrogens is 184 g/mol. The van der Waals surface area contributed by atoms with Crippen LogP contribution < -0.4 is 0 Å². The van der Waals surface area contributed by atoms with Crippen LogP contribution in [-0.4, -0.2) is 6.29 Å². The molecule has 0 spiro atoms. The minimum atomic E-state index is 0.132. The lowest BCUT2D eigenvalue weighted by Crippen LogP contribution is -2.11. The molecule has 1 aliphatic rings. The first-order valence-corrected chi connectivity index (χ1v) is 5.83. The van der Waals surface area contributed by atoms with Crippen LogP contribution in [0.5, 0.6) is 0 Å². The van der Waals surface area contributed by atoms with Gasteiger partial charge < -0.3 is 4.79 Å². The second-order valence-corrected chi connectivity index (χ2v) is 4.62. The largest absolute Gasteiger partial charge is 0.303 e. The minimum Gasteiger partial charge on any atom is -0.303 e. The molecule has 1 aromatic rings. The third kappa shape index (κ3) is 2.28. The number of carbonyl (C=O) groups excluding carboxylic acids is 1. The van der Waals surface area contributed by atoms with Crippen LogP contribution in [0, 0.1) is 12.8 Å². The van der Waals surface area contributed by atoms with Crippen LogP contribution in [0.3, 0.4) is 0 Å². The molecule has 0 bridgehead atoms. The fourth-order valence-corrected chi connectivity index (χ4v) is 2.66. The number of hydrogen-bond donors (Lipinski definition) is 0. The maximum atomic E-state index is 11.2. The summed E-state index contributed by atoms with van der Waals surface area (Å²) in [6.45, 7) is 2.08. The van der Waals surface area contributed by atoms with Gasteiger partial charge in [-0.05, 0) is 31.2 Å². The van der Waals surface area contributed by atoms with Gasteiger partial charge >= 0.3 is 0 Å². The Morgan fingerprint density at radius 2 is 2.07 bits per heavy atom. The molecule has 0 radical (unpaired) electrons. The molecule has 0 amide bonds. The van der Waals surface area contributed by atoms with Gasteiger partial charge in [-0.1, -0.05) is 42.7 Å². The molecule has 0 saturated heterocycles. The van der Waals surface area contributed by atoms with E-state index in [0.717, 1.165) is 6.29 Å². The van der Waals surface area contributed by atoms with E-state index in [1.165, 1.54) is 36.8 Å². The van der Waals surface area contributed by atoms with E-state index in [1.807, 2.05) is 0 Å². The maximum absolute atomic E-state index is 11.2. The topological polar surface area (TPSA) is 17.1 Å². The molecule has 1 heteroatoms. The second kappa shape index (κ2) is 4.61. The molecule has 1 nitrogen and oxygen atoms in total. The molecule has 1 saturated carbocycles. The van der Waals surface area contributed by atoms with Crippen LogP contribution in [0.4, 0.5) is 0 Å². The van der Waals surface area contributed by atoms with Gasteiger partial charge in [0.15, 0.2) is 0 Å². The highest BCUT2D eigenvalue weighted by molar-refractivity contribution is 5.63. The van der Waals surface area contributed by atoms with Crippen LogP contribution in [0.2, 0.25) is 0 Å². The van der Waals surface area contributed by atoms with Crippen molar-refractivity contribution in [2.75, 3.05) is 0 Å². The van der Waals surface area contributed by atoms with Crippen molar-refractivity contribution in [3.63, 3.8) is 0 Å². The molecule has 1 aliphatic carbocycles. The standard InChI is InChI=1S/C14H18O/c1-11-5-4-8-13(9-11)14(10-15)12-6-2-3-7-12/h4-5,8-10,12,14H,2-3,6-7H2,1H3. The first-order valence-electron chi connectivity index (χ1n) is 5.83. The Hall–Kier alpha value is -1.11. The van der Waals surface area contributed by atoms with Crippen molar-refractivity contribution in [3.8, 4) is 0 Å². The number of aldehydes is 1. The Balaban J connectivity index is 2.21. The average Bonchev–Trinajstić information content (AvgIpc) is 2.72. The van der Waals surface area contributed by atoms with Crippen LogP contribution in [0.15, 0.2) is 24.3 Å². The molecule has 1 aromatic carbocycles. The van der Waals surface area contributed by atoms with Gasteiger partial charge in [-0.2, -0.15) is 0 Å². The fourth-order valence-electron chi connectivity index (χ4n) is 2.66. The van der Waals surface area contributed by atoms with Crippen molar-refractivity contribution in [1.82, 2.24) is 0 Å². The van der Waals surface area contributed by atoms with Gasteiger partial charge in [0.05, 0.1) is 0 Å². The molecule has 1 fully saturated rings. The average molecular weight is 202 g/mol. The highest BCUT2D eigenvalue weighted by Gasteiger charge is 2.25. The van der Waals surface area contributed by atoms with Crippen molar-refractivity contribution in [3.05, 3.63) is 35.4 Å². The zero-order valence-corrected chi connectivity index (χ0v) is 9.28. The molecule has 1 unspecified atom stereocenters. The summed E-state index contributed by atoms with van der Waals surface area (Å²) in [4.78, 5) is 11.2. The van der Waals surface area contributed by atoms with Gasteiger partial charge in [0.25, 0.3) is 0 Å². The number of hydrogen-bond acceptors (Lipinski definition) is 1. The summed E-state index contributed by atoms with van der Waals surface area (Å²) in [5, 5.41) is 0. The maximum Gasteiger partial charge on any atom is 0.127 e. The Morgan fingerprint density at radius 3 is 2.67 bits per heavy atom. The summed E-state index contributed by atoms with van der Waals surface area (Å²) in [6, 6.07) is 8.37. The predicted molar refractivity (Wildman–Crippen MR) is 61.9 cm³/mol. The lowest BCUT2D eigenvalue weighted by molar-refractivity contribution is -0.110. The van der Waals surface area contributed by atoms with Crippen molar-refractivity contribution >= 4 is 6.29 Å². The first-order chi connectivity index (χ1) is 7.31. The van der Waals surface area contributed by atoms with Crippen molar-refractivity contribution in [2.45, 2.75) is 38.5 Å².